The Bertz CT molecular complexity index is 561. The first-order chi connectivity index (χ1) is 10.1. The molecule has 1 atom stereocenters. The molecule has 1 aromatic heterocycles. The van der Waals surface area contributed by atoms with Gasteiger partial charge < -0.3 is 10.1 Å². The molecule has 1 heterocycles. The normalized spacial score (nSPS) is 13.2. The van der Waals surface area contributed by atoms with E-state index in [1.54, 1.807) is 0 Å². The molecule has 0 saturated heterocycles. The summed E-state index contributed by atoms with van der Waals surface area (Å²) >= 11 is 1.89. The van der Waals surface area contributed by atoms with Gasteiger partial charge in [-0.15, -0.1) is 11.3 Å². The van der Waals surface area contributed by atoms with Gasteiger partial charge in [0.25, 0.3) is 0 Å². The van der Waals surface area contributed by atoms with Crippen molar-refractivity contribution in [1.82, 2.24) is 5.32 Å². The van der Waals surface area contributed by atoms with E-state index in [0.29, 0.717) is 12.0 Å². The van der Waals surface area contributed by atoms with Crippen LogP contribution in [0.5, 0.6) is 0 Å². The largest absolute Gasteiger partial charge is 0.374 e. The van der Waals surface area contributed by atoms with Crippen LogP contribution in [0.15, 0.2) is 24.3 Å². The van der Waals surface area contributed by atoms with E-state index >= 15 is 0 Å². The van der Waals surface area contributed by atoms with E-state index in [9.17, 15) is 0 Å². The van der Waals surface area contributed by atoms with E-state index in [0.717, 1.165) is 26.1 Å². The van der Waals surface area contributed by atoms with Gasteiger partial charge in [0.1, 0.15) is 0 Å². The Morgan fingerprint density at radius 3 is 2.67 bits per heavy atom. The fraction of sp³-hybridized carbons (Fsp3) is 0.556. The lowest BCUT2D eigenvalue weighted by Gasteiger charge is -2.12. The predicted octanol–water partition coefficient (Wildman–Crippen LogP) is 4.96. The minimum Gasteiger partial charge on any atom is -0.374 e. The summed E-state index contributed by atoms with van der Waals surface area (Å²) in [6.45, 7) is 11.5. The Hall–Kier alpha value is -0.900. The van der Waals surface area contributed by atoms with Gasteiger partial charge >= 0.3 is 0 Å². The van der Waals surface area contributed by atoms with Crippen molar-refractivity contribution in [1.29, 1.82) is 0 Å². The Morgan fingerprint density at radius 2 is 1.95 bits per heavy atom. The second-order valence-corrected chi connectivity index (χ2v) is 7.19. The first-order valence-corrected chi connectivity index (χ1v) is 8.75. The van der Waals surface area contributed by atoms with E-state index in [2.05, 4.69) is 57.3 Å². The van der Waals surface area contributed by atoms with E-state index < -0.39 is 0 Å². The molecule has 2 nitrogen and oxygen atoms in total. The Kier molecular flexibility index (Phi) is 6.22. The summed E-state index contributed by atoms with van der Waals surface area (Å²) in [6.07, 6.45) is 1.38. The monoisotopic (exact) mass is 305 g/mol. The first-order valence-electron chi connectivity index (χ1n) is 7.93. The van der Waals surface area contributed by atoms with Crippen LogP contribution in [0.1, 0.15) is 44.6 Å². The number of nitrogens with one attached hydrogen (secondary N) is 1. The molecule has 1 N–H and O–H groups in total. The van der Waals surface area contributed by atoms with Crippen LogP contribution in [-0.2, 0) is 17.9 Å². The van der Waals surface area contributed by atoms with Gasteiger partial charge in [0.15, 0.2) is 0 Å². The maximum atomic E-state index is 5.99. The maximum absolute atomic E-state index is 5.99. The SMILES string of the molecule is CCC(C)OCc1c(CNCC(C)C)sc2ccccc12. The van der Waals surface area contributed by atoms with Crippen molar-refractivity contribution in [3.05, 3.63) is 34.7 Å². The summed E-state index contributed by atoms with van der Waals surface area (Å²) in [5.41, 5.74) is 1.37. The highest BCUT2D eigenvalue weighted by Gasteiger charge is 2.13. The van der Waals surface area contributed by atoms with Crippen LogP contribution >= 0.6 is 11.3 Å². The molecule has 0 radical (unpaired) electrons. The lowest BCUT2D eigenvalue weighted by Crippen LogP contribution is -2.19. The van der Waals surface area contributed by atoms with E-state index in [1.165, 1.54) is 20.5 Å². The molecular formula is C18H27NOS. The van der Waals surface area contributed by atoms with Crippen LogP contribution in [0.2, 0.25) is 0 Å². The van der Waals surface area contributed by atoms with Crippen molar-refractivity contribution < 1.29 is 4.74 Å². The zero-order valence-electron chi connectivity index (χ0n) is 13.6. The number of fused-ring (bicyclic) bond motifs is 1. The van der Waals surface area contributed by atoms with Gasteiger partial charge in [0.05, 0.1) is 12.7 Å². The zero-order chi connectivity index (χ0) is 15.2. The minimum atomic E-state index is 0.320. The lowest BCUT2D eigenvalue weighted by atomic mass is 10.1. The second kappa shape index (κ2) is 7.92. The van der Waals surface area contributed by atoms with Crippen molar-refractivity contribution in [2.75, 3.05) is 6.54 Å². The minimum absolute atomic E-state index is 0.320. The molecule has 2 aromatic rings. The predicted molar refractivity (Wildman–Crippen MR) is 92.9 cm³/mol. The molecule has 0 fully saturated rings. The van der Waals surface area contributed by atoms with Crippen molar-refractivity contribution in [3.63, 3.8) is 0 Å². The molecule has 2 rings (SSSR count). The number of thiophene rings is 1. The zero-order valence-corrected chi connectivity index (χ0v) is 14.4. The summed E-state index contributed by atoms with van der Waals surface area (Å²) in [4.78, 5) is 1.42. The summed E-state index contributed by atoms with van der Waals surface area (Å²) in [6, 6.07) is 8.66. The Labute approximate surface area is 132 Å². The third kappa shape index (κ3) is 4.53. The maximum Gasteiger partial charge on any atom is 0.0737 e. The van der Waals surface area contributed by atoms with E-state index in [-0.39, 0.29) is 0 Å². The van der Waals surface area contributed by atoms with Crippen molar-refractivity contribution in [2.24, 2.45) is 5.92 Å². The highest BCUT2D eigenvalue weighted by molar-refractivity contribution is 7.19. The Morgan fingerprint density at radius 1 is 1.19 bits per heavy atom. The van der Waals surface area contributed by atoms with Gasteiger partial charge in [-0.1, -0.05) is 39.0 Å². The van der Waals surface area contributed by atoms with Gasteiger partial charge in [0.2, 0.25) is 0 Å². The van der Waals surface area contributed by atoms with Gasteiger partial charge in [-0.25, -0.2) is 0 Å². The van der Waals surface area contributed by atoms with Gasteiger partial charge in [-0.05, 0) is 37.3 Å². The van der Waals surface area contributed by atoms with Crippen molar-refractivity contribution >= 4 is 21.4 Å². The molecule has 0 aliphatic heterocycles. The van der Waals surface area contributed by atoms with Crippen molar-refractivity contribution in [3.8, 4) is 0 Å². The number of hydrogen-bond donors (Lipinski definition) is 1. The average molecular weight is 305 g/mol. The van der Waals surface area contributed by atoms with Crippen LogP contribution < -0.4 is 5.32 Å². The van der Waals surface area contributed by atoms with Gasteiger partial charge in [0, 0.05) is 21.7 Å². The Balaban J connectivity index is 2.17. The molecular weight excluding hydrogens is 278 g/mol. The topological polar surface area (TPSA) is 21.3 Å². The lowest BCUT2D eigenvalue weighted by molar-refractivity contribution is 0.0513. The van der Waals surface area contributed by atoms with Crippen LogP contribution in [0.25, 0.3) is 10.1 Å². The summed E-state index contributed by atoms with van der Waals surface area (Å²) in [5.74, 6) is 0.680. The number of hydrogen-bond acceptors (Lipinski definition) is 3. The van der Waals surface area contributed by atoms with Crippen LogP contribution in [0.4, 0.5) is 0 Å². The second-order valence-electron chi connectivity index (χ2n) is 6.05. The average Bonchev–Trinajstić information content (AvgIpc) is 2.82. The molecule has 0 saturated carbocycles. The van der Waals surface area contributed by atoms with E-state index in [4.69, 9.17) is 4.74 Å². The quantitative estimate of drug-likeness (QED) is 0.744. The van der Waals surface area contributed by atoms with Crippen LogP contribution in [0.3, 0.4) is 0 Å². The molecule has 3 heteroatoms. The molecule has 116 valence electrons. The number of ether oxygens (including phenoxy) is 1. The van der Waals surface area contributed by atoms with Crippen LogP contribution in [-0.4, -0.2) is 12.6 Å². The smallest absolute Gasteiger partial charge is 0.0737 e. The molecule has 1 aromatic carbocycles. The summed E-state index contributed by atoms with van der Waals surface area (Å²) < 4.78 is 7.35. The summed E-state index contributed by atoms with van der Waals surface area (Å²) in [5, 5.41) is 4.91. The van der Waals surface area contributed by atoms with Crippen LogP contribution in [0, 0.1) is 5.92 Å². The fourth-order valence-electron chi connectivity index (χ4n) is 2.27. The highest BCUT2D eigenvalue weighted by atomic mass is 32.1. The van der Waals surface area contributed by atoms with Crippen molar-refractivity contribution in [2.45, 2.75) is 53.4 Å². The molecule has 1 unspecified atom stereocenters. The molecule has 0 aliphatic carbocycles. The first kappa shape index (κ1) is 16.5. The third-order valence-electron chi connectivity index (χ3n) is 3.71. The third-order valence-corrected chi connectivity index (χ3v) is 4.92. The highest BCUT2D eigenvalue weighted by Crippen LogP contribution is 2.32. The molecule has 21 heavy (non-hydrogen) atoms. The molecule has 0 aliphatic rings. The standard InChI is InChI=1S/C18H27NOS/c1-5-14(4)20-12-16-15-8-6-7-9-17(15)21-18(16)11-19-10-13(2)3/h6-9,13-14,19H,5,10-12H2,1-4H3. The van der Waals surface area contributed by atoms with Gasteiger partial charge in [-0.2, -0.15) is 0 Å². The molecule has 0 amide bonds. The molecule has 0 spiro atoms. The number of benzene rings is 1. The summed E-state index contributed by atoms with van der Waals surface area (Å²) in [7, 11) is 0. The molecule has 0 bridgehead atoms. The number of rotatable bonds is 8. The van der Waals surface area contributed by atoms with E-state index in [1.807, 2.05) is 11.3 Å². The van der Waals surface area contributed by atoms with Gasteiger partial charge in [-0.3, -0.25) is 0 Å². The fourth-order valence-corrected chi connectivity index (χ4v) is 3.45.